The predicted molar refractivity (Wildman–Crippen MR) is 47.1 cm³/mol. The quantitative estimate of drug-likeness (QED) is 0.553. The Morgan fingerprint density at radius 1 is 1.55 bits per heavy atom. The Balaban J connectivity index is 3.12. The highest BCUT2D eigenvalue weighted by atomic mass is 79.9. The molecule has 2 atom stereocenters. The first-order valence-corrected chi connectivity index (χ1v) is 6.14. The van der Waals surface area contributed by atoms with E-state index in [1.165, 1.54) is 0 Å². The number of hydrogen-bond acceptors (Lipinski definition) is 3. The minimum atomic E-state index is -3.30. The molecule has 0 bridgehead atoms. The van der Waals surface area contributed by atoms with Gasteiger partial charge in [-0.3, -0.25) is 0 Å². The van der Waals surface area contributed by atoms with Crippen molar-refractivity contribution in [1.82, 2.24) is 0 Å². The van der Waals surface area contributed by atoms with Crippen LogP contribution in [0.2, 0.25) is 0 Å². The SMILES string of the molecule is [NH3+][C@H]1CS(=O)(=O)C(Br)(Br)[C@H]1O. The zero-order chi connectivity index (χ0) is 8.86. The van der Waals surface area contributed by atoms with Crippen LogP contribution in [0.15, 0.2) is 0 Å². The van der Waals surface area contributed by atoms with Crippen LogP contribution >= 0.6 is 31.9 Å². The highest BCUT2D eigenvalue weighted by Gasteiger charge is 2.57. The van der Waals surface area contributed by atoms with Crippen molar-refractivity contribution in [2.45, 2.75) is 14.7 Å². The number of aliphatic hydroxyl groups is 1. The maximum Gasteiger partial charge on any atom is 0.212 e. The van der Waals surface area contributed by atoms with Gasteiger partial charge in [0.25, 0.3) is 0 Å². The molecule has 66 valence electrons. The number of quaternary nitrogens is 1. The minimum Gasteiger partial charge on any atom is -0.383 e. The van der Waals surface area contributed by atoms with Crippen LogP contribution in [-0.4, -0.2) is 34.0 Å². The molecule has 1 fully saturated rings. The molecule has 0 saturated carbocycles. The minimum absolute atomic E-state index is 0.0926. The summed E-state index contributed by atoms with van der Waals surface area (Å²) in [5.41, 5.74) is 3.52. The largest absolute Gasteiger partial charge is 0.383 e. The molecule has 0 unspecified atom stereocenters. The van der Waals surface area contributed by atoms with Crippen LogP contribution in [0.4, 0.5) is 0 Å². The molecular formula is C4H8Br2NO3S+. The van der Waals surface area contributed by atoms with Gasteiger partial charge in [0, 0.05) is 0 Å². The molecule has 0 amide bonds. The second-order valence-corrected chi connectivity index (χ2v) is 9.37. The van der Waals surface area contributed by atoms with Crippen LogP contribution in [0, 0.1) is 0 Å². The number of hydrogen-bond donors (Lipinski definition) is 2. The molecule has 0 spiro atoms. The van der Waals surface area contributed by atoms with Gasteiger partial charge in [-0.1, -0.05) is 31.9 Å². The third-order valence-corrected chi connectivity index (χ3v) is 7.47. The van der Waals surface area contributed by atoms with Crippen molar-refractivity contribution >= 4 is 41.7 Å². The molecule has 1 aliphatic rings. The second-order valence-electron chi connectivity index (χ2n) is 2.55. The molecule has 0 aromatic heterocycles. The second kappa shape index (κ2) is 2.66. The van der Waals surface area contributed by atoms with E-state index in [1.807, 2.05) is 0 Å². The Morgan fingerprint density at radius 3 is 2.09 bits per heavy atom. The lowest BCUT2D eigenvalue weighted by Gasteiger charge is -2.15. The lowest BCUT2D eigenvalue weighted by Crippen LogP contribution is -2.67. The van der Waals surface area contributed by atoms with Crippen LogP contribution in [0.3, 0.4) is 0 Å². The summed E-state index contributed by atoms with van der Waals surface area (Å²) in [6, 6.07) is -0.473. The summed E-state index contributed by atoms with van der Waals surface area (Å²) in [5.74, 6) is -0.0926. The fourth-order valence-electron chi connectivity index (χ4n) is 0.942. The Labute approximate surface area is 81.3 Å². The molecule has 4 nitrogen and oxygen atoms in total. The van der Waals surface area contributed by atoms with Crippen LogP contribution in [0.1, 0.15) is 0 Å². The van der Waals surface area contributed by atoms with E-state index in [9.17, 15) is 13.5 Å². The monoisotopic (exact) mass is 308 g/mol. The van der Waals surface area contributed by atoms with Gasteiger partial charge in [-0.15, -0.1) is 0 Å². The zero-order valence-corrected chi connectivity index (χ0v) is 9.49. The molecule has 0 aromatic rings. The van der Waals surface area contributed by atoms with Crippen molar-refractivity contribution in [2.24, 2.45) is 0 Å². The maximum absolute atomic E-state index is 11.2. The Kier molecular flexibility index (Phi) is 2.40. The van der Waals surface area contributed by atoms with Gasteiger partial charge in [0.15, 0.2) is 9.84 Å². The molecule has 1 heterocycles. The van der Waals surface area contributed by atoms with Gasteiger partial charge in [0.1, 0.15) is 17.9 Å². The van der Waals surface area contributed by atoms with E-state index >= 15 is 0 Å². The third kappa shape index (κ3) is 1.37. The Hall–Kier alpha value is 0.830. The maximum atomic E-state index is 11.2. The van der Waals surface area contributed by atoms with Gasteiger partial charge in [-0.05, 0) is 0 Å². The number of alkyl halides is 2. The predicted octanol–water partition coefficient (Wildman–Crippen LogP) is -1.17. The fraction of sp³-hybridized carbons (Fsp3) is 1.00. The van der Waals surface area contributed by atoms with Crippen LogP contribution < -0.4 is 5.73 Å². The first-order chi connectivity index (χ1) is 4.79. The van der Waals surface area contributed by atoms with E-state index in [1.54, 1.807) is 0 Å². The van der Waals surface area contributed by atoms with Crippen molar-refractivity contribution in [3.63, 3.8) is 0 Å². The zero-order valence-electron chi connectivity index (χ0n) is 5.50. The van der Waals surface area contributed by atoms with E-state index in [0.717, 1.165) is 0 Å². The molecule has 0 aliphatic carbocycles. The van der Waals surface area contributed by atoms with E-state index in [2.05, 4.69) is 37.6 Å². The van der Waals surface area contributed by atoms with Crippen LogP contribution in [-0.2, 0) is 9.84 Å². The number of sulfone groups is 1. The molecule has 1 rings (SSSR count). The van der Waals surface area contributed by atoms with Crippen molar-refractivity contribution in [2.75, 3.05) is 5.75 Å². The summed E-state index contributed by atoms with van der Waals surface area (Å²) in [6.07, 6.45) is -0.993. The van der Waals surface area contributed by atoms with Gasteiger partial charge >= 0.3 is 0 Å². The van der Waals surface area contributed by atoms with E-state index in [4.69, 9.17) is 0 Å². The Morgan fingerprint density at radius 2 is 2.00 bits per heavy atom. The number of aliphatic hydroxyl groups excluding tert-OH is 1. The van der Waals surface area contributed by atoms with Gasteiger partial charge in [0.2, 0.25) is 2.57 Å². The molecule has 0 aromatic carbocycles. The fourth-order valence-corrected chi connectivity index (χ4v) is 4.01. The average Bonchev–Trinajstić information content (AvgIpc) is 1.93. The average molecular weight is 310 g/mol. The van der Waals surface area contributed by atoms with Gasteiger partial charge in [-0.25, -0.2) is 8.42 Å². The summed E-state index contributed by atoms with van der Waals surface area (Å²) in [6.45, 7) is 0. The Bertz CT molecular complexity index is 263. The highest BCUT2D eigenvalue weighted by Crippen LogP contribution is 2.42. The lowest BCUT2D eigenvalue weighted by atomic mass is 10.2. The number of halogens is 2. The topological polar surface area (TPSA) is 82.0 Å². The molecule has 1 saturated heterocycles. The van der Waals surface area contributed by atoms with Crippen molar-refractivity contribution in [1.29, 1.82) is 0 Å². The summed E-state index contributed by atoms with van der Waals surface area (Å²) >= 11 is 5.82. The third-order valence-electron chi connectivity index (χ3n) is 1.64. The summed E-state index contributed by atoms with van der Waals surface area (Å²) in [7, 11) is -3.30. The molecular weight excluding hydrogens is 302 g/mol. The van der Waals surface area contributed by atoms with Gasteiger partial charge in [0.05, 0.1) is 0 Å². The first-order valence-electron chi connectivity index (χ1n) is 2.90. The summed E-state index contributed by atoms with van der Waals surface area (Å²) < 4.78 is 21.0. The van der Waals surface area contributed by atoms with Gasteiger partial charge in [-0.2, -0.15) is 0 Å². The van der Waals surface area contributed by atoms with Crippen molar-refractivity contribution < 1.29 is 19.3 Å². The lowest BCUT2D eigenvalue weighted by molar-refractivity contribution is -0.426. The van der Waals surface area contributed by atoms with E-state index < -0.39 is 24.5 Å². The number of rotatable bonds is 0. The highest BCUT2D eigenvalue weighted by molar-refractivity contribution is 9.28. The summed E-state index contributed by atoms with van der Waals surface area (Å²) in [4.78, 5) is 0. The molecule has 4 N–H and O–H groups in total. The van der Waals surface area contributed by atoms with Crippen LogP contribution in [0.5, 0.6) is 0 Å². The normalized spacial score (nSPS) is 40.7. The molecule has 7 heteroatoms. The van der Waals surface area contributed by atoms with E-state index in [-0.39, 0.29) is 5.75 Å². The molecule has 11 heavy (non-hydrogen) atoms. The first kappa shape index (κ1) is 9.91. The summed E-state index contributed by atoms with van der Waals surface area (Å²) in [5, 5.41) is 9.33. The smallest absolute Gasteiger partial charge is 0.212 e. The van der Waals surface area contributed by atoms with Crippen molar-refractivity contribution in [3.05, 3.63) is 0 Å². The molecule has 0 radical (unpaired) electrons. The van der Waals surface area contributed by atoms with E-state index in [0.29, 0.717) is 0 Å². The van der Waals surface area contributed by atoms with Crippen LogP contribution in [0.25, 0.3) is 0 Å². The molecule has 1 aliphatic heterocycles. The van der Waals surface area contributed by atoms with Gasteiger partial charge < -0.3 is 10.8 Å². The van der Waals surface area contributed by atoms with Crippen molar-refractivity contribution in [3.8, 4) is 0 Å². The standard InChI is InChI=1S/C4H7Br2NO3S/c5-4(6)3(8)2(7)1-11(4,9)10/h2-3,8H,1,7H2/p+1/t2-,3-/m0/s1.